The van der Waals surface area contributed by atoms with Gasteiger partial charge in [0.2, 0.25) is 5.91 Å². The van der Waals surface area contributed by atoms with Gasteiger partial charge in [-0.3, -0.25) is 14.3 Å². The molecule has 0 aliphatic heterocycles. The maximum atomic E-state index is 13.2. The Labute approximate surface area is 231 Å². The molecule has 3 aromatic rings. The van der Waals surface area contributed by atoms with Gasteiger partial charge in [0, 0.05) is 30.9 Å². The monoisotopic (exact) mass is 577 g/mol. The largest absolute Gasteiger partial charge is 0.484 e. The van der Waals surface area contributed by atoms with E-state index in [4.69, 9.17) is 21.1 Å². The number of ether oxygens (including phenoxy) is 2. The predicted octanol–water partition coefficient (Wildman–Crippen LogP) is 3.84. The fourth-order valence-electron chi connectivity index (χ4n) is 3.47. The molecule has 3 rings (SSSR count). The van der Waals surface area contributed by atoms with Crippen molar-refractivity contribution < 1.29 is 31.9 Å². The van der Waals surface area contributed by atoms with E-state index in [9.17, 15) is 22.4 Å². The van der Waals surface area contributed by atoms with E-state index < -0.39 is 27.8 Å². The molecule has 0 saturated heterocycles. The molecule has 12 heteroatoms. The van der Waals surface area contributed by atoms with Crippen LogP contribution in [0.4, 0.5) is 10.1 Å². The summed E-state index contributed by atoms with van der Waals surface area (Å²) < 4.78 is 51.3. The van der Waals surface area contributed by atoms with Crippen molar-refractivity contribution in [2.24, 2.45) is 0 Å². The Morgan fingerprint density at radius 2 is 1.64 bits per heavy atom. The summed E-state index contributed by atoms with van der Waals surface area (Å²) in [5.41, 5.74) is 0.982. The lowest BCUT2D eigenvalue weighted by molar-refractivity contribution is -0.142. The molecule has 0 heterocycles. The van der Waals surface area contributed by atoms with Gasteiger partial charge in [0.25, 0.3) is 15.9 Å². The first kappa shape index (κ1) is 29.9. The van der Waals surface area contributed by atoms with Gasteiger partial charge in [0.15, 0.2) is 6.61 Å². The van der Waals surface area contributed by atoms with Crippen LogP contribution in [0.1, 0.15) is 12.5 Å². The van der Waals surface area contributed by atoms with Crippen LogP contribution >= 0.6 is 11.6 Å². The number of sulfonamides is 1. The summed E-state index contributed by atoms with van der Waals surface area (Å²) in [7, 11) is -2.40. The minimum atomic E-state index is -3.92. The minimum Gasteiger partial charge on any atom is -0.484 e. The smallest absolute Gasteiger partial charge is 0.261 e. The summed E-state index contributed by atoms with van der Waals surface area (Å²) in [5.74, 6) is -1.03. The van der Waals surface area contributed by atoms with Crippen molar-refractivity contribution in [2.75, 3.05) is 31.6 Å². The molecule has 0 saturated carbocycles. The topological polar surface area (TPSA) is 114 Å². The molecular weight excluding hydrogens is 549 g/mol. The molecule has 1 atom stereocenters. The number of nitrogens with zero attached hydrogens (tertiary/aromatic N) is 1. The average Bonchev–Trinajstić information content (AvgIpc) is 2.92. The first-order chi connectivity index (χ1) is 18.6. The number of halogens is 2. The van der Waals surface area contributed by atoms with E-state index in [1.54, 1.807) is 31.2 Å². The molecule has 208 valence electrons. The van der Waals surface area contributed by atoms with Gasteiger partial charge in [-0.2, -0.15) is 0 Å². The zero-order valence-corrected chi connectivity index (χ0v) is 23.0. The maximum absolute atomic E-state index is 13.2. The van der Waals surface area contributed by atoms with Crippen LogP contribution in [0.2, 0.25) is 5.02 Å². The van der Waals surface area contributed by atoms with Crippen molar-refractivity contribution in [3.8, 4) is 5.75 Å². The molecular formula is C27H29ClFN3O6S. The third-order valence-corrected chi connectivity index (χ3v) is 7.28. The van der Waals surface area contributed by atoms with E-state index >= 15 is 0 Å². The molecule has 0 aromatic heterocycles. The van der Waals surface area contributed by atoms with E-state index in [0.717, 1.165) is 17.7 Å². The van der Waals surface area contributed by atoms with Crippen LogP contribution in [0.25, 0.3) is 0 Å². The molecule has 39 heavy (non-hydrogen) atoms. The van der Waals surface area contributed by atoms with E-state index in [-0.39, 0.29) is 35.4 Å². The number of benzene rings is 3. The van der Waals surface area contributed by atoms with E-state index in [0.29, 0.717) is 18.2 Å². The van der Waals surface area contributed by atoms with Gasteiger partial charge in [0.1, 0.15) is 17.6 Å². The summed E-state index contributed by atoms with van der Waals surface area (Å²) >= 11 is 5.97. The maximum Gasteiger partial charge on any atom is 0.261 e. The van der Waals surface area contributed by atoms with E-state index in [2.05, 4.69) is 10.0 Å². The Morgan fingerprint density at radius 3 is 2.26 bits per heavy atom. The van der Waals surface area contributed by atoms with Gasteiger partial charge in [-0.25, -0.2) is 12.8 Å². The number of hydrogen-bond donors (Lipinski definition) is 2. The number of carbonyl (C=O) groups is 2. The number of rotatable bonds is 13. The second kappa shape index (κ2) is 13.9. The third-order valence-electron chi connectivity index (χ3n) is 5.63. The van der Waals surface area contributed by atoms with Crippen molar-refractivity contribution in [3.05, 3.63) is 89.2 Å². The average molecular weight is 578 g/mol. The van der Waals surface area contributed by atoms with Gasteiger partial charge in [-0.1, -0.05) is 23.7 Å². The molecule has 2 N–H and O–H groups in total. The number of amides is 2. The molecule has 0 fully saturated rings. The predicted molar refractivity (Wildman–Crippen MR) is 145 cm³/mol. The highest BCUT2D eigenvalue weighted by Crippen LogP contribution is 2.20. The molecule has 0 bridgehead atoms. The first-order valence-corrected chi connectivity index (χ1v) is 13.8. The first-order valence-electron chi connectivity index (χ1n) is 11.9. The van der Waals surface area contributed by atoms with Crippen LogP contribution in [0.3, 0.4) is 0 Å². The quantitative estimate of drug-likeness (QED) is 0.298. The highest BCUT2D eigenvalue weighted by Gasteiger charge is 2.26. The highest BCUT2D eigenvalue weighted by atomic mass is 35.5. The van der Waals surface area contributed by atoms with Crippen molar-refractivity contribution >= 4 is 39.1 Å². The molecule has 3 aromatic carbocycles. The zero-order chi connectivity index (χ0) is 28.4. The van der Waals surface area contributed by atoms with Crippen LogP contribution in [-0.2, 0) is 30.9 Å². The lowest BCUT2D eigenvalue weighted by atomic mass is 10.1. The number of hydrogen-bond acceptors (Lipinski definition) is 6. The van der Waals surface area contributed by atoms with Crippen LogP contribution in [0.15, 0.2) is 77.7 Å². The Morgan fingerprint density at radius 1 is 1.00 bits per heavy atom. The van der Waals surface area contributed by atoms with E-state index in [1.165, 1.54) is 48.4 Å². The summed E-state index contributed by atoms with van der Waals surface area (Å²) in [6.07, 6.45) is 0. The lowest BCUT2D eigenvalue weighted by Gasteiger charge is -2.28. The molecule has 0 aliphatic rings. The Hall–Kier alpha value is -3.67. The van der Waals surface area contributed by atoms with Crippen molar-refractivity contribution in [3.63, 3.8) is 0 Å². The Bertz CT molecular complexity index is 1350. The lowest BCUT2D eigenvalue weighted by Crippen LogP contribution is -2.49. The second-order valence-electron chi connectivity index (χ2n) is 8.48. The van der Waals surface area contributed by atoms with Crippen molar-refractivity contribution in [1.29, 1.82) is 0 Å². The molecule has 0 radical (unpaired) electrons. The van der Waals surface area contributed by atoms with Gasteiger partial charge in [-0.15, -0.1) is 0 Å². The zero-order valence-electron chi connectivity index (χ0n) is 21.4. The fourth-order valence-corrected chi connectivity index (χ4v) is 4.65. The third kappa shape index (κ3) is 8.95. The van der Waals surface area contributed by atoms with Crippen LogP contribution in [-0.4, -0.2) is 58.0 Å². The molecule has 9 nitrogen and oxygen atoms in total. The molecule has 2 amide bonds. The molecule has 0 spiro atoms. The van der Waals surface area contributed by atoms with E-state index in [1.807, 2.05) is 0 Å². The normalized spacial score (nSPS) is 11.9. The molecule has 0 aliphatic carbocycles. The Balaban J connectivity index is 1.67. The summed E-state index contributed by atoms with van der Waals surface area (Å²) in [4.78, 5) is 27.2. The van der Waals surface area contributed by atoms with Gasteiger partial charge in [0.05, 0.1) is 11.5 Å². The summed E-state index contributed by atoms with van der Waals surface area (Å²) in [6, 6.07) is 16.5. The van der Waals surface area contributed by atoms with Crippen LogP contribution in [0, 0.1) is 5.82 Å². The highest BCUT2D eigenvalue weighted by molar-refractivity contribution is 7.92. The summed E-state index contributed by atoms with van der Waals surface area (Å²) in [6.45, 7) is 2.00. The standard InChI is InChI=1S/C27H29ClFN3O6S/c1-19(27(34)30-15-16-37-2)32(17-20-3-5-21(28)6-4-20)26(33)18-38-24-11-13-25(14-12-24)39(35,36)31-23-9-7-22(29)8-10-23/h3-14,19,31H,15-18H2,1-2H3,(H,30,34)/t19-/m1/s1. The number of anilines is 1. The van der Waals surface area contributed by atoms with Gasteiger partial charge in [-0.05, 0) is 73.2 Å². The van der Waals surface area contributed by atoms with Gasteiger partial charge < -0.3 is 19.7 Å². The number of nitrogens with one attached hydrogen (secondary N) is 2. The fraction of sp³-hybridized carbons (Fsp3) is 0.259. The SMILES string of the molecule is COCCNC(=O)[C@@H](C)N(Cc1ccc(Cl)cc1)C(=O)COc1ccc(S(=O)(=O)Nc2ccc(F)cc2)cc1. The Kier molecular flexibility index (Phi) is 10.7. The number of methoxy groups -OCH3 is 1. The van der Waals surface area contributed by atoms with Gasteiger partial charge >= 0.3 is 0 Å². The van der Waals surface area contributed by atoms with Crippen LogP contribution in [0.5, 0.6) is 5.75 Å². The second-order valence-corrected chi connectivity index (χ2v) is 10.6. The van der Waals surface area contributed by atoms with Crippen molar-refractivity contribution in [2.45, 2.75) is 24.4 Å². The minimum absolute atomic E-state index is 0.0452. The van der Waals surface area contributed by atoms with Crippen molar-refractivity contribution in [1.82, 2.24) is 10.2 Å². The summed E-state index contributed by atoms with van der Waals surface area (Å²) in [5, 5.41) is 3.27. The van der Waals surface area contributed by atoms with Crippen LogP contribution < -0.4 is 14.8 Å². The molecule has 0 unspecified atom stereocenters. The number of carbonyl (C=O) groups excluding carboxylic acids is 2.